The number of hydrogen-bond donors (Lipinski definition) is 2. The lowest BCUT2D eigenvalue weighted by Gasteiger charge is -2.16. The number of alkyl carbamates (subject to hydrolysis) is 1. The zero-order valence-corrected chi connectivity index (χ0v) is 17.8. The maximum atomic E-state index is 13.7. The molecule has 1 fully saturated rings. The van der Waals surface area contributed by atoms with Crippen molar-refractivity contribution in [1.29, 1.82) is 0 Å². The first-order chi connectivity index (χ1) is 15.8. The van der Waals surface area contributed by atoms with E-state index in [-0.39, 0.29) is 31.9 Å². The highest BCUT2D eigenvalue weighted by molar-refractivity contribution is 5.80. The second-order valence-electron chi connectivity index (χ2n) is 8.28. The number of carbonyl (C=O) groups excluding carboxylic acids is 2. The smallest absolute Gasteiger partial charge is 0.407 e. The van der Waals surface area contributed by atoms with Gasteiger partial charge in [0.15, 0.2) is 0 Å². The molecule has 4 rings (SSSR count). The van der Waals surface area contributed by atoms with Gasteiger partial charge in [-0.2, -0.15) is 0 Å². The zero-order valence-electron chi connectivity index (χ0n) is 17.8. The number of likely N-dealkylation sites (tertiary alicyclic amines) is 1. The van der Waals surface area contributed by atoms with Crippen molar-refractivity contribution in [3.05, 3.63) is 59.7 Å². The van der Waals surface area contributed by atoms with Crippen LogP contribution in [0.5, 0.6) is 0 Å². The number of rotatable bonds is 7. The molecule has 0 spiro atoms. The van der Waals surface area contributed by atoms with Gasteiger partial charge in [-0.05, 0) is 28.7 Å². The Morgan fingerprint density at radius 2 is 1.67 bits per heavy atom. The van der Waals surface area contributed by atoms with Crippen molar-refractivity contribution >= 4 is 18.0 Å². The summed E-state index contributed by atoms with van der Waals surface area (Å²) < 4.78 is 32.8. The van der Waals surface area contributed by atoms with E-state index < -0.39 is 42.9 Å². The number of halogens is 2. The van der Waals surface area contributed by atoms with E-state index in [2.05, 4.69) is 5.32 Å². The SMILES string of the molecule is O=C(NCCCC(=O)N1CC(C(=O)O)C(F)(F)C1)OCC1c2ccccc2-c2ccccc21. The first kappa shape index (κ1) is 22.7. The third-order valence-corrected chi connectivity index (χ3v) is 6.15. The zero-order chi connectivity index (χ0) is 23.6. The number of carbonyl (C=O) groups is 3. The van der Waals surface area contributed by atoms with Gasteiger partial charge in [0.2, 0.25) is 5.91 Å². The van der Waals surface area contributed by atoms with Crippen LogP contribution in [-0.4, -0.2) is 60.1 Å². The summed E-state index contributed by atoms with van der Waals surface area (Å²) in [5.74, 6) is -7.58. The third-order valence-electron chi connectivity index (χ3n) is 6.15. The van der Waals surface area contributed by atoms with E-state index >= 15 is 0 Å². The molecule has 1 aliphatic carbocycles. The summed E-state index contributed by atoms with van der Waals surface area (Å²) in [6.45, 7) is -1.11. The number of fused-ring (bicyclic) bond motifs is 3. The third kappa shape index (κ3) is 4.67. The number of carboxylic acid groups (broad SMARTS) is 1. The van der Waals surface area contributed by atoms with E-state index in [0.717, 1.165) is 27.2 Å². The largest absolute Gasteiger partial charge is 0.481 e. The molecule has 1 heterocycles. The van der Waals surface area contributed by atoms with E-state index in [1.807, 2.05) is 48.5 Å². The van der Waals surface area contributed by atoms with Gasteiger partial charge in [0.1, 0.15) is 12.5 Å². The van der Waals surface area contributed by atoms with Gasteiger partial charge in [-0.15, -0.1) is 0 Å². The van der Waals surface area contributed by atoms with Crippen LogP contribution in [0.3, 0.4) is 0 Å². The van der Waals surface area contributed by atoms with Crippen LogP contribution in [0.4, 0.5) is 13.6 Å². The molecule has 2 aliphatic rings. The molecule has 7 nitrogen and oxygen atoms in total. The maximum absolute atomic E-state index is 13.7. The Labute approximate surface area is 189 Å². The Bertz CT molecular complexity index is 1030. The molecule has 0 aromatic heterocycles. The van der Waals surface area contributed by atoms with Crippen LogP contribution >= 0.6 is 0 Å². The summed E-state index contributed by atoms with van der Waals surface area (Å²) in [5, 5.41) is 11.5. The van der Waals surface area contributed by atoms with Crippen molar-refractivity contribution in [2.24, 2.45) is 5.92 Å². The van der Waals surface area contributed by atoms with Gasteiger partial charge >= 0.3 is 12.1 Å². The highest BCUT2D eigenvalue weighted by Gasteiger charge is 2.53. The van der Waals surface area contributed by atoms with E-state index in [0.29, 0.717) is 0 Å². The number of nitrogens with zero attached hydrogens (tertiary/aromatic N) is 1. The number of aliphatic carboxylic acids is 1. The normalized spacial score (nSPS) is 18.5. The van der Waals surface area contributed by atoms with Crippen LogP contribution in [0.2, 0.25) is 0 Å². The fraction of sp³-hybridized carbons (Fsp3) is 0.375. The molecule has 1 atom stereocenters. The van der Waals surface area contributed by atoms with E-state index in [1.165, 1.54) is 0 Å². The molecule has 2 aromatic rings. The van der Waals surface area contributed by atoms with Crippen molar-refractivity contribution in [2.75, 3.05) is 26.2 Å². The molecule has 33 heavy (non-hydrogen) atoms. The molecule has 0 saturated carbocycles. The van der Waals surface area contributed by atoms with Gasteiger partial charge in [0.05, 0.1) is 6.54 Å². The first-order valence-corrected chi connectivity index (χ1v) is 10.7. The highest BCUT2D eigenvalue weighted by atomic mass is 19.3. The van der Waals surface area contributed by atoms with E-state index in [1.54, 1.807) is 0 Å². The molecule has 2 aromatic carbocycles. The first-order valence-electron chi connectivity index (χ1n) is 10.7. The summed E-state index contributed by atoms with van der Waals surface area (Å²) >= 11 is 0. The summed E-state index contributed by atoms with van der Waals surface area (Å²) in [6.07, 6.45) is -0.475. The molecule has 1 aliphatic heterocycles. The van der Waals surface area contributed by atoms with Gasteiger partial charge < -0.3 is 20.1 Å². The number of carboxylic acids is 1. The number of alkyl halides is 2. The summed E-state index contributed by atoms with van der Waals surface area (Å²) in [4.78, 5) is 36.1. The van der Waals surface area contributed by atoms with Crippen molar-refractivity contribution in [3.63, 3.8) is 0 Å². The topological polar surface area (TPSA) is 95.9 Å². The second kappa shape index (κ2) is 9.17. The number of hydrogen-bond acceptors (Lipinski definition) is 4. The van der Waals surface area contributed by atoms with Crippen LogP contribution in [0.1, 0.15) is 29.9 Å². The van der Waals surface area contributed by atoms with Gasteiger partial charge in [-0.3, -0.25) is 9.59 Å². The monoisotopic (exact) mass is 458 g/mol. The Hall–Kier alpha value is -3.49. The van der Waals surface area contributed by atoms with Crippen LogP contribution in [0.15, 0.2) is 48.5 Å². The minimum atomic E-state index is -3.44. The predicted molar refractivity (Wildman–Crippen MR) is 115 cm³/mol. The lowest BCUT2D eigenvalue weighted by atomic mass is 9.98. The summed E-state index contributed by atoms with van der Waals surface area (Å²) in [5.41, 5.74) is 4.44. The van der Waals surface area contributed by atoms with Gasteiger partial charge in [0.25, 0.3) is 5.92 Å². The molecule has 9 heteroatoms. The van der Waals surface area contributed by atoms with Crippen molar-refractivity contribution < 1.29 is 33.0 Å². The quantitative estimate of drug-likeness (QED) is 0.620. The molecular formula is C24H24F2N2O5. The Morgan fingerprint density at radius 3 is 2.24 bits per heavy atom. The molecule has 2 N–H and O–H groups in total. The van der Waals surface area contributed by atoms with Gasteiger partial charge in [0, 0.05) is 25.4 Å². The number of nitrogens with one attached hydrogen (secondary N) is 1. The highest BCUT2D eigenvalue weighted by Crippen LogP contribution is 2.44. The Balaban J connectivity index is 1.22. The lowest BCUT2D eigenvalue weighted by molar-refractivity contribution is -0.151. The fourth-order valence-electron chi connectivity index (χ4n) is 4.47. The molecule has 1 saturated heterocycles. The predicted octanol–water partition coefficient (Wildman–Crippen LogP) is 3.48. The molecule has 1 unspecified atom stereocenters. The summed E-state index contributed by atoms with van der Waals surface area (Å²) in [6, 6.07) is 16.0. The van der Waals surface area contributed by atoms with Crippen molar-refractivity contribution in [2.45, 2.75) is 24.7 Å². The number of amides is 2. The molecule has 174 valence electrons. The second-order valence-corrected chi connectivity index (χ2v) is 8.28. The van der Waals surface area contributed by atoms with Crippen molar-refractivity contribution in [1.82, 2.24) is 10.2 Å². The average molecular weight is 458 g/mol. The van der Waals surface area contributed by atoms with Crippen LogP contribution in [-0.2, 0) is 14.3 Å². The lowest BCUT2D eigenvalue weighted by Crippen LogP contribution is -2.33. The molecular weight excluding hydrogens is 434 g/mol. The van der Waals surface area contributed by atoms with Gasteiger partial charge in [-0.25, -0.2) is 13.6 Å². The molecule has 0 radical (unpaired) electrons. The van der Waals surface area contributed by atoms with Gasteiger partial charge in [-0.1, -0.05) is 48.5 Å². The molecule has 2 amide bonds. The number of benzene rings is 2. The van der Waals surface area contributed by atoms with Crippen LogP contribution < -0.4 is 5.32 Å². The Kier molecular flexibility index (Phi) is 6.31. The fourth-order valence-corrected chi connectivity index (χ4v) is 4.47. The minimum Gasteiger partial charge on any atom is -0.481 e. The number of ether oxygens (including phenoxy) is 1. The van der Waals surface area contributed by atoms with Crippen molar-refractivity contribution in [3.8, 4) is 11.1 Å². The van der Waals surface area contributed by atoms with Crippen LogP contribution in [0, 0.1) is 5.92 Å². The minimum absolute atomic E-state index is 0.0660. The maximum Gasteiger partial charge on any atom is 0.407 e. The summed E-state index contributed by atoms with van der Waals surface area (Å²) in [7, 11) is 0. The Morgan fingerprint density at radius 1 is 1.06 bits per heavy atom. The van der Waals surface area contributed by atoms with E-state index in [4.69, 9.17) is 9.84 Å². The van der Waals surface area contributed by atoms with E-state index in [9.17, 15) is 23.2 Å². The average Bonchev–Trinajstić information content (AvgIpc) is 3.29. The molecule has 0 bridgehead atoms. The van der Waals surface area contributed by atoms with Crippen LogP contribution in [0.25, 0.3) is 11.1 Å². The standard InChI is InChI=1S/C24H24F2N2O5/c25-24(26)14-28(12-20(24)22(30)31)21(29)10-5-11-27-23(32)33-13-19-17-8-3-1-6-15(17)16-7-2-4-9-18(16)19/h1-4,6-9,19-20H,5,10-14H2,(H,27,32)(H,30,31).